The number of aryl methyl sites for hydroxylation is 1. The lowest BCUT2D eigenvalue weighted by Crippen LogP contribution is -2.51. The summed E-state index contributed by atoms with van der Waals surface area (Å²) in [5, 5.41) is 3.86. The van der Waals surface area contributed by atoms with Crippen molar-refractivity contribution in [3.63, 3.8) is 0 Å². The summed E-state index contributed by atoms with van der Waals surface area (Å²) in [5.41, 5.74) is 2.12. The third kappa shape index (κ3) is 4.90. The van der Waals surface area contributed by atoms with Gasteiger partial charge in [0, 0.05) is 51.8 Å². The minimum atomic E-state index is -0.332. The molecule has 1 unspecified atom stereocenters. The predicted molar refractivity (Wildman–Crippen MR) is 125 cm³/mol. The summed E-state index contributed by atoms with van der Waals surface area (Å²) in [6.07, 6.45) is 0. The van der Waals surface area contributed by atoms with E-state index in [1.165, 1.54) is 6.07 Å². The summed E-state index contributed by atoms with van der Waals surface area (Å²) in [6, 6.07) is 14.6. The van der Waals surface area contributed by atoms with Crippen LogP contribution in [0, 0.1) is 12.7 Å². The van der Waals surface area contributed by atoms with Crippen LogP contribution in [0.5, 0.6) is 0 Å². The molecular formula is C25H30FN5O2. The molecule has 7 nitrogen and oxygen atoms in total. The highest BCUT2D eigenvalue weighted by molar-refractivity contribution is 5.83. The summed E-state index contributed by atoms with van der Waals surface area (Å²) in [4.78, 5) is 23.7. The van der Waals surface area contributed by atoms with Crippen LogP contribution in [0.2, 0.25) is 0 Å². The first-order valence-electron chi connectivity index (χ1n) is 11.4. The Labute approximate surface area is 193 Å². The Balaban J connectivity index is 1.50. The number of piperazine rings is 1. The summed E-state index contributed by atoms with van der Waals surface area (Å²) >= 11 is 0. The number of rotatable bonds is 7. The van der Waals surface area contributed by atoms with Crippen LogP contribution in [-0.4, -0.2) is 65.1 Å². The molecule has 1 saturated heterocycles. The lowest BCUT2D eigenvalue weighted by molar-refractivity contribution is -0.137. The maximum absolute atomic E-state index is 15.0. The molecule has 0 radical (unpaired) electrons. The highest BCUT2D eigenvalue weighted by Crippen LogP contribution is 2.29. The van der Waals surface area contributed by atoms with Crippen LogP contribution in [0.3, 0.4) is 0 Å². The number of aromatic nitrogens is 2. The van der Waals surface area contributed by atoms with E-state index in [0.717, 1.165) is 5.56 Å². The number of amides is 1. The van der Waals surface area contributed by atoms with Gasteiger partial charge in [0.15, 0.2) is 0 Å². The van der Waals surface area contributed by atoms with E-state index in [4.69, 9.17) is 4.52 Å². The Bertz CT molecular complexity index is 1080. The molecule has 33 heavy (non-hydrogen) atoms. The van der Waals surface area contributed by atoms with Gasteiger partial charge < -0.3 is 14.3 Å². The van der Waals surface area contributed by atoms with Crippen LogP contribution in [-0.2, 0) is 4.79 Å². The molecule has 1 aliphatic rings. The third-order valence-corrected chi connectivity index (χ3v) is 6.18. The van der Waals surface area contributed by atoms with Gasteiger partial charge >= 0.3 is 0 Å². The minimum absolute atomic E-state index is 0.116. The van der Waals surface area contributed by atoms with Gasteiger partial charge in [-0.15, -0.1) is 0 Å². The van der Waals surface area contributed by atoms with E-state index in [0.29, 0.717) is 62.2 Å². The van der Waals surface area contributed by atoms with Gasteiger partial charge in [0.1, 0.15) is 11.9 Å². The monoisotopic (exact) mass is 451 g/mol. The molecule has 1 atom stereocenters. The minimum Gasteiger partial charge on any atom is -0.367 e. The van der Waals surface area contributed by atoms with Crippen LogP contribution >= 0.6 is 0 Å². The summed E-state index contributed by atoms with van der Waals surface area (Å²) in [6.45, 7) is 9.66. The first-order chi connectivity index (χ1) is 16.0. The van der Waals surface area contributed by atoms with Gasteiger partial charge in [0.2, 0.25) is 17.6 Å². The number of nitrogens with zero attached hydrogens (tertiary/aromatic N) is 5. The quantitative estimate of drug-likeness (QED) is 0.543. The van der Waals surface area contributed by atoms with E-state index in [-0.39, 0.29) is 17.8 Å². The maximum atomic E-state index is 15.0. The molecule has 1 aromatic heterocycles. The van der Waals surface area contributed by atoms with Gasteiger partial charge in [0.25, 0.3) is 0 Å². The van der Waals surface area contributed by atoms with Crippen molar-refractivity contribution < 1.29 is 13.7 Å². The summed E-state index contributed by atoms with van der Waals surface area (Å²) in [7, 11) is 0. The molecule has 2 heterocycles. The van der Waals surface area contributed by atoms with Crippen molar-refractivity contribution in [2.75, 3.05) is 44.2 Å². The van der Waals surface area contributed by atoms with Crippen molar-refractivity contribution in [2.24, 2.45) is 0 Å². The molecule has 3 aromatic rings. The molecule has 1 fully saturated rings. The van der Waals surface area contributed by atoms with Gasteiger partial charge in [-0.05, 0) is 37.6 Å². The molecule has 0 saturated carbocycles. The molecule has 174 valence electrons. The number of benzene rings is 2. The Kier molecular flexibility index (Phi) is 7.03. The second kappa shape index (κ2) is 10.1. The van der Waals surface area contributed by atoms with E-state index in [2.05, 4.69) is 15.0 Å². The zero-order valence-electron chi connectivity index (χ0n) is 19.4. The Hall–Kier alpha value is -3.26. The maximum Gasteiger partial charge on any atom is 0.244 e. The van der Waals surface area contributed by atoms with Crippen molar-refractivity contribution in [1.29, 1.82) is 0 Å². The fraction of sp³-hybridized carbons (Fsp3) is 0.400. The first kappa shape index (κ1) is 22.9. The van der Waals surface area contributed by atoms with Gasteiger partial charge in [-0.25, -0.2) is 4.39 Å². The number of likely N-dealkylation sites (N-methyl/N-ethyl adjacent to an activating group) is 1. The van der Waals surface area contributed by atoms with Crippen LogP contribution < -0.4 is 4.90 Å². The molecule has 2 aromatic carbocycles. The Morgan fingerprint density at radius 1 is 1.09 bits per heavy atom. The van der Waals surface area contributed by atoms with Crippen LogP contribution in [0.25, 0.3) is 11.4 Å². The highest BCUT2D eigenvalue weighted by atomic mass is 19.1. The molecule has 0 bridgehead atoms. The number of anilines is 1. The van der Waals surface area contributed by atoms with Gasteiger partial charge in [0.05, 0.1) is 5.69 Å². The topological polar surface area (TPSA) is 65.7 Å². The lowest BCUT2D eigenvalue weighted by atomic mass is 10.0. The molecule has 4 rings (SSSR count). The molecule has 0 N–H and O–H groups in total. The fourth-order valence-corrected chi connectivity index (χ4v) is 4.39. The number of carbonyl (C=O) groups excluding carboxylic acids is 1. The molecule has 0 spiro atoms. The van der Waals surface area contributed by atoms with Crippen LogP contribution in [0.4, 0.5) is 10.1 Å². The zero-order valence-corrected chi connectivity index (χ0v) is 19.4. The average Bonchev–Trinajstić information content (AvgIpc) is 3.28. The zero-order chi connectivity index (χ0) is 23.4. The SMILES string of the molecule is CCN(CC)C(=O)C(c1ccccc1)N1CCN(c2ccc(-c3noc(C)n3)cc2F)CC1. The number of hydrogen-bond acceptors (Lipinski definition) is 6. The average molecular weight is 452 g/mol. The number of halogens is 1. The lowest BCUT2D eigenvalue weighted by Gasteiger charge is -2.41. The fourth-order valence-electron chi connectivity index (χ4n) is 4.39. The Morgan fingerprint density at radius 3 is 2.36 bits per heavy atom. The van der Waals surface area contributed by atoms with Crippen molar-refractivity contribution in [3.05, 3.63) is 65.8 Å². The summed E-state index contributed by atoms with van der Waals surface area (Å²) < 4.78 is 20.0. The van der Waals surface area contributed by atoms with E-state index in [1.54, 1.807) is 13.0 Å². The molecule has 1 aliphatic heterocycles. The van der Waals surface area contributed by atoms with Crippen molar-refractivity contribution >= 4 is 11.6 Å². The van der Waals surface area contributed by atoms with E-state index in [9.17, 15) is 9.18 Å². The van der Waals surface area contributed by atoms with Gasteiger partial charge in [-0.3, -0.25) is 9.69 Å². The molecule has 8 heteroatoms. The van der Waals surface area contributed by atoms with E-state index < -0.39 is 0 Å². The predicted octanol–water partition coefficient (Wildman–Crippen LogP) is 3.92. The molecular weight excluding hydrogens is 421 g/mol. The van der Waals surface area contributed by atoms with Crippen molar-refractivity contribution in [1.82, 2.24) is 19.9 Å². The Morgan fingerprint density at radius 2 is 1.79 bits per heavy atom. The molecule has 1 amide bonds. The summed E-state index contributed by atoms with van der Waals surface area (Å²) in [5.74, 6) is 0.619. The normalized spacial score (nSPS) is 15.5. The highest BCUT2D eigenvalue weighted by Gasteiger charge is 2.33. The van der Waals surface area contributed by atoms with E-state index in [1.807, 2.05) is 60.0 Å². The van der Waals surface area contributed by atoms with Crippen LogP contribution in [0.15, 0.2) is 53.1 Å². The standard InChI is InChI=1S/C25H30FN5O2/c1-4-29(5-2)25(32)23(19-9-7-6-8-10-19)31-15-13-30(14-16-31)22-12-11-20(17-21(22)26)24-27-18(3)33-28-24/h6-12,17,23H,4-5,13-16H2,1-3H3. The first-order valence-corrected chi connectivity index (χ1v) is 11.4. The number of carbonyl (C=O) groups is 1. The van der Waals surface area contributed by atoms with Crippen LogP contribution in [0.1, 0.15) is 31.3 Å². The van der Waals surface area contributed by atoms with Gasteiger partial charge in [-0.1, -0.05) is 35.5 Å². The third-order valence-electron chi connectivity index (χ3n) is 6.18. The van der Waals surface area contributed by atoms with Crippen molar-refractivity contribution in [2.45, 2.75) is 26.8 Å². The second-order valence-electron chi connectivity index (χ2n) is 8.15. The van der Waals surface area contributed by atoms with Crippen molar-refractivity contribution in [3.8, 4) is 11.4 Å². The second-order valence-corrected chi connectivity index (χ2v) is 8.15. The van der Waals surface area contributed by atoms with Gasteiger partial charge in [-0.2, -0.15) is 4.98 Å². The smallest absolute Gasteiger partial charge is 0.244 e. The largest absolute Gasteiger partial charge is 0.367 e. The number of hydrogen-bond donors (Lipinski definition) is 0. The molecule has 0 aliphatic carbocycles. The van der Waals surface area contributed by atoms with E-state index >= 15 is 0 Å².